The molecule has 1 aromatic rings. The highest BCUT2D eigenvalue weighted by atomic mass is 79.9. The van der Waals surface area contributed by atoms with Gasteiger partial charge in [-0.1, -0.05) is 15.9 Å². The molecule has 5 heteroatoms. The van der Waals surface area contributed by atoms with Crippen LogP contribution in [0, 0.1) is 17.5 Å². The molecular formula is C12H12BrF3O. The minimum absolute atomic E-state index is 0.171. The molecule has 1 aliphatic heterocycles. The van der Waals surface area contributed by atoms with E-state index in [4.69, 9.17) is 4.74 Å². The van der Waals surface area contributed by atoms with Crippen molar-refractivity contribution in [3.8, 4) is 0 Å². The van der Waals surface area contributed by atoms with E-state index < -0.39 is 27.9 Å². The highest BCUT2D eigenvalue weighted by molar-refractivity contribution is 9.09. The van der Waals surface area contributed by atoms with Gasteiger partial charge in [-0.3, -0.25) is 0 Å². The van der Waals surface area contributed by atoms with E-state index in [0.717, 1.165) is 6.42 Å². The Kier molecular flexibility index (Phi) is 3.50. The molecule has 0 bridgehead atoms. The summed E-state index contributed by atoms with van der Waals surface area (Å²) in [6, 6.07) is 1.37. The zero-order valence-corrected chi connectivity index (χ0v) is 10.9. The van der Waals surface area contributed by atoms with Crippen LogP contribution in [-0.4, -0.2) is 12.2 Å². The van der Waals surface area contributed by atoms with Gasteiger partial charge in [0, 0.05) is 24.3 Å². The Balaban J connectivity index is 2.40. The molecule has 1 heterocycles. The summed E-state index contributed by atoms with van der Waals surface area (Å²) >= 11 is 3.27. The lowest BCUT2D eigenvalue weighted by Gasteiger charge is -2.29. The maximum atomic E-state index is 13.6. The molecule has 1 saturated heterocycles. The fraction of sp³-hybridized carbons (Fsp3) is 0.500. The summed E-state index contributed by atoms with van der Waals surface area (Å²) in [5.41, 5.74) is -0.824. The Morgan fingerprint density at radius 2 is 1.88 bits per heavy atom. The van der Waals surface area contributed by atoms with Gasteiger partial charge in [-0.05, 0) is 19.8 Å². The fourth-order valence-corrected chi connectivity index (χ4v) is 2.90. The van der Waals surface area contributed by atoms with Crippen molar-refractivity contribution in [1.82, 2.24) is 0 Å². The van der Waals surface area contributed by atoms with Crippen LogP contribution in [0.25, 0.3) is 0 Å². The van der Waals surface area contributed by atoms with Gasteiger partial charge in [0.05, 0.1) is 10.4 Å². The number of hydrogen-bond donors (Lipinski definition) is 0. The standard InChI is InChI=1S/C12H12BrF3O/c1-12(3-2-4-17-12)11(13)10-8(15)5-7(14)6-9(10)16/h5-6,11H,2-4H2,1H3. The zero-order valence-electron chi connectivity index (χ0n) is 9.27. The highest BCUT2D eigenvalue weighted by Gasteiger charge is 2.40. The van der Waals surface area contributed by atoms with Gasteiger partial charge in [0.25, 0.3) is 0 Å². The molecule has 2 atom stereocenters. The number of ether oxygens (including phenoxy) is 1. The largest absolute Gasteiger partial charge is 0.374 e. The Labute approximate surface area is 106 Å². The average molecular weight is 309 g/mol. The topological polar surface area (TPSA) is 9.23 Å². The van der Waals surface area contributed by atoms with Crippen molar-refractivity contribution in [2.24, 2.45) is 0 Å². The monoisotopic (exact) mass is 308 g/mol. The summed E-state index contributed by atoms with van der Waals surface area (Å²) in [4.78, 5) is -0.627. The van der Waals surface area contributed by atoms with Crippen molar-refractivity contribution in [2.75, 3.05) is 6.61 Å². The molecule has 2 unspecified atom stereocenters. The summed E-state index contributed by atoms with van der Waals surface area (Å²) in [5.74, 6) is -2.69. The first-order valence-electron chi connectivity index (χ1n) is 5.36. The normalized spacial score (nSPS) is 26.2. The van der Waals surface area contributed by atoms with Crippen LogP contribution in [0.4, 0.5) is 13.2 Å². The lowest BCUT2D eigenvalue weighted by molar-refractivity contribution is 0.0184. The van der Waals surface area contributed by atoms with Crippen LogP contribution < -0.4 is 0 Å². The third kappa shape index (κ3) is 2.36. The van der Waals surface area contributed by atoms with Crippen LogP contribution in [0.3, 0.4) is 0 Å². The van der Waals surface area contributed by atoms with Gasteiger partial charge in [-0.2, -0.15) is 0 Å². The predicted molar refractivity (Wildman–Crippen MR) is 61.6 cm³/mol. The van der Waals surface area contributed by atoms with Gasteiger partial charge in [-0.15, -0.1) is 0 Å². The third-order valence-electron chi connectivity index (χ3n) is 3.08. The van der Waals surface area contributed by atoms with E-state index in [1.807, 2.05) is 0 Å². The molecule has 0 amide bonds. The maximum absolute atomic E-state index is 13.6. The van der Waals surface area contributed by atoms with E-state index in [2.05, 4.69) is 15.9 Å². The number of benzene rings is 1. The second-order valence-electron chi connectivity index (χ2n) is 4.41. The third-order valence-corrected chi connectivity index (χ3v) is 4.51. The quantitative estimate of drug-likeness (QED) is 0.747. The molecule has 94 valence electrons. The van der Waals surface area contributed by atoms with Crippen molar-refractivity contribution in [2.45, 2.75) is 30.2 Å². The van der Waals surface area contributed by atoms with Gasteiger partial charge in [0.1, 0.15) is 17.5 Å². The van der Waals surface area contributed by atoms with E-state index in [9.17, 15) is 13.2 Å². The van der Waals surface area contributed by atoms with Gasteiger partial charge in [0.15, 0.2) is 0 Å². The number of rotatable bonds is 2. The van der Waals surface area contributed by atoms with E-state index >= 15 is 0 Å². The van der Waals surface area contributed by atoms with Crippen LogP contribution in [0.5, 0.6) is 0 Å². The van der Waals surface area contributed by atoms with Crippen molar-refractivity contribution < 1.29 is 17.9 Å². The first kappa shape index (κ1) is 12.9. The van der Waals surface area contributed by atoms with Crippen LogP contribution in [0.1, 0.15) is 30.2 Å². The van der Waals surface area contributed by atoms with Crippen molar-refractivity contribution in [3.05, 3.63) is 35.1 Å². The van der Waals surface area contributed by atoms with Crippen LogP contribution in [0.15, 0.2) is 12.1 Å². The van der Waals surface area contributed by atoms with Crippen LogP contribution in [-0.2, 0) is 4.74 Å². The Bertz CT molecular complexity index is 407. The second kappa shape index (κ2) is 4.61. The fourth-order valence-electron chi connectivity index (χ4n) is 2.10. The highest BCUT2D eigenvalue weighted by Crippen LogP contribution is 2.44. The van der Waals surface area contributed by atoms with Crippen LogP contribution in [0.2, 0.25) is 0 Å². The number of halogens is 4. The summed E-state index contributed by atoms with van der Waals surface area (Å²) in [5, 5.41) is 0. The predicted octanol–water partition coefficient (Wildman–Crippen LogP) is 4.11. The Morgan fingerprint density at radius 1 is 1.29 bits per heavy atom. The molecule has 0 spiro atoms. The molecule has 17 heavy (non-hydrogen) atoms. The number of hydrogen-bond acceptors (Lipinski definition) is 1. The van der Waals surface area contributed by atoms with E-state index in [1.165, 1.54) is 0 Å². The smallest absolute Gasteiger partial charge is 0.133 e. The first-order chi connectivity index (χ1) is 7.94. The molecule has 1 aliphatic rings. The van der Waals surface area contributed by atoms with Crippen molar-refractivity contribution in [3.63, 3.8) is 0 Å². The second-order valence-corrected chi connectivity index (χ2v) is 5.33. The van der Waals surface area contributed by atoms with E-state index in [0.29, 0.717) is 25.2 Å². The molecule has 2 rings (SSSR count). The minimum atomic E-state index is -0.916. The van der Waals surface area contributed by atoms with Crippen molar-refractivity contribution >= 4 is 15.9 Å². The lowest BCUT2D eigenvalue weighted by atomic mass is 9.93. The molecule has 0 saturated carbocycles. The molecule has 1 nitrogen and oxygen atoms in total. The summed E-state index contributed by atoms with van der Waals surface area (Å²) in [6.45, 7) is 2.37. The van der Waals surface area contributed by atoms with Gasteiger partial charge < -0.3 is 4.74 Å². The summed E-state index contributed by atoms with van der Waals surface area (Å²) < 4.78 is 45.6. The lowest BCUT2D eigenvalue weighted by Crippen LogP contribution is -2.29. The number of alkyl halides is 1. The minimum Gasteiger partial charge on any atom is -0.374 e. The zero-order chi connectivity index (χ0) is 12.6. The molecule has 0 N–H and O–H groups in total. The summed E-state index contributed by atoms with van der Waals surface area (Å²) in [7, 11) is 0. The molecule has 1 aromatic carbocycles. The Morgan fingerprint density at radius 3 is 2.35 bits per heavy atom. The molecule has 0 radical (unpaired) electrons. The molecule has 0 aromatic heterocycles. The average Bonchev–Trinajstić information content (AvgIpc) is 2.64. The van der Waals surface area contributed by atoms with Crippen LogP contribution >= 0.6 is 15.9 Å². The summed E-state index contributed by atoms with van der Waals surface area (Å²) in [6.07, 6.45) is 1.56. The Hall–Kier alpha value is -0.550. The SMILES string of the molecule is CC1(C(Br)c2c(F)cc(F)cc2F)CCCO1. The maximum Gasteiger partial charge on any atom is 0.133 e. The molecule has 0 aliphatic carbocycles. The first-order valence-corrected chi connectivity index (χ1v) is 6.28. The molecule has 1 fully saturated rings. The van der Waals surface area contributed by atoms with Gasteiger partial charge >= 0.3 is 0 Å². The van der Waals surface area contributed by atoms with Gasteiger partial charge in [0.2, 0.25) is 0 Å². The van der Waals surface area contributed by atoms with Gasteiger partial charge in [-0.25, -0.2) is 13.2 Å². The molecular weight excluding hydrogens is 297 g/mol. The van der Waals surface area contributed by atoms with Crippen molar-refractivity contribution in [1.29, 1.82) is 0 Å². The van der Waals surface area contributed by atoms with E-state index in [1.54, 1.807) is 6.92 Å². The van der Waals surface area contributed by atoms with E-state index in [-0.39, 0.29) is 5.56 Å².